The van der Waals surface area contributed by atoms with Gasteiger partial charge in [-0.25, -0.2) is 0 Å². The molecule has 0 amide bonds. The molecule has 2 nitrogen and oxygen atoms in total. The predicted octanol–water partition coefficient (Wildman–Crippen LogP) is 4.11. The second-order valence-electron chi connectivity index (χ2n) is 4.82. The van der Waals surface area contributed by atoms with E-state index in [4.69, 9.17) is 0 Å². The topological polar surface area (TPSA) is 15.3 Å². The van der Waals surface area contributed by atoms with Crippen molar-refractivity contribution in [2.24, 2.45) is 0 Å². The van der Waals surface area contributed by atoms with Crippen molar-refractivity contribution in [1.82, 2.24) is 4.90 Å². The Hall–Kier alpha value is -0.0600. The average Bonchev–Trinajstić information content (AvgIpc) is 2.27. The third-order valence-corrected chi connectivity index (χ3v) is 4.65. The van der Waals surface area contributed by atoms with Crippen LogP contribution in [0.25, 0.3) is 0 Å². The fourth-order valence-corrected chi connectivity index (χ4v) is 3.41. The SMILES string of the molecule is CC1CC(Nc2ccc(Br)cc2Br)CCN1C. The van der Waals surface area contributed by atoms with E-state index in [1.165, 1.54) is 25.1 Å². The number of nitrogens with one attached hydrogen (secondary N) is 1. The molecule has 0 aliphatic carbocycles. The minimum atomic E-state index is 0.582. The third kappa shape index (κ3) is 3.46. The minimum Gasteiger partial charge on any atom is -0.381 e. The average molecular weight is 362 g/mol. The number of anilines is 1. The summed E-state index contributed by atoms with van der Waals surface area (Å²) in [4.78, 5) is 2.43. The zero-order valence-electron chi connectivity index (χ0n) is 10.2. The van der Waals surface area contributed by atoms with Gasteiger partial charge in [-0.15, -0.1) is 0 Å². The van der Waals surface area contributed by atoms with E-state index in [0.29, 0.717) is 12.1 Å². The molecular formula is C13H18Br2N2. The predicted molar refractivity (Wildman–Crippen MR) is 80.6 cm³/mol. The van der Waals surface area contributed by atoms with Gasteiger partial charge in [-0.1, -0.05) is 15.9 Å². The Balaban J connectivity index is 2.01. The summed E-state index contributed by atoms with van der Waals surface area (Å²) in [7, 11) is 2.20. The Labute approximate surface area is 120 Å². The monoisotopic (exact) mass is 360 g/mol. The van der Waals surface area contributed by atoms with Crippen molar-refractivity contribution in [1.29, 1.82) is 0 Å². The minimum absolute atomic E-state index is 0.582. The molecule has 1 N–H and O–H groups in total. The number of piperidine rings is 1. The highest BCUT2D eigenvalue weighted by Gasteiger charge is 2.22. The van der Waals surface area contributed by atoms with Crippen LogP contribution in [0.3, 0.4) is 0 Å². The van der Waals surface area contributed by atoms with Crippen molar-refractivity contribution in [3.05, 3.63) is 27.1 Å². The van der Waals surface area contributed by atoms with Gasteiger partial charge in [-0.3, -0.25) is 0 Å². The van der Waals surface area contributed by atoms with Crippen LogP contribution in [0.2, 0.25) is 0 Å². The van der Waals surface area contributed by atoms with Crippen LogP contribution in [0.5, 0.6) is 0 Å². The van der Waals surface area contributed by atoms with Gasteiger partial charge in [0.25, 0.3) is 0 Å². The molecule has 94 valence electrons. The van der Waals surface area contributed by atoms with E-state index in [9.17, 15) is 0 Å². The molecule has 0 spiro atoms. The van der Waals surface area contributed by atoms with E-state index in [1.54, 1.807) is 0 Å². The second-order valence-corrected chi connectivity index (χ2v) is 6.59. The van der Waals surface area contributed by atoms with Gasteiger partial charge in [0.1, 0.15) is 0 Å². The highest BCUT2D eigenvalue weighted by molar-refractivity contribution is 9.11. The lowest BCUT2D eigenvalue weighted by atomic mass is 9.99. The van der Waals surface area contributed by atoms with Crippen molar-refractivity contribution in [2.75, 3.05) is 18.9 Å². The van der Waals surface area contributed by atoms with E-state index < -0.39 is 0 Å². The van der Waals surface area contributed by atoms with E-state index in [0.717, 1.165) is 8.95 Å². The van der Waals surface area contributed by atoms with Gasteiger partial charge >= 0.3 is 0 Å². The first kappa shape index (κ1) is 13.4. The number of likely N-dealkylation sites (tertiary alicyclic amines) is 1. The molecule has 1 fully saturated rings. The maximum Gasteiger partial charge on any atom is 0.0487 e. The lowest BCUT2D eigenvalue weighted by Gasteiger charge is -2.36. The highest BCUT2D eigenvalue weighted by Crippen LogP contribution is 2.28. The summed E-state index contributed by atoms with van der Waals surface area (Å²) >= 11 is 7.07. The summed E-state index contributed by atoms with van der Waals surface area (Å²) in [5.41, 5.74) is 1.19. The maximum atomic E-state index is 3.63. The molecule has 0 saturated carbocycles. The number of hydrogen-bond acceptors (Lipinski definition) is 2. The van der Waals surface area contributed by atoms with Crippen LogP contribution >= 0.6 is 31.9 Å². The van der Waals surface area contributed by atoms with E-state index in [-0.39, 0.29) is 0 Å². The first-order valence-corrected chi connectivity index (χ1v) is 7.56. The molecule has 0 aromatic heterocycles. The Bertz CT molecular complexity index is 395. The third-order valence-electron chi connectivity index (χ3n) is 3.50. The first-order valence-electron chi connectivity index (χ1n) is 5.98. The van der Waals surface area contributed by atoms with Crippen LogP contribution in [-0.4, -0.2) is 30.6 Å². The summed E-state index contributed by atoms with van der Waals surface area (Å²) in [5, 5.41) is 3.63. The normalized spacial score (nSPS) is 25.9. The summed E-state index contributed by atoms with van der Waals surface area (Å²) in [6.45, 7) is 3.47. The van der Waals surface area contributed by atoms with Crippen LogP contribution in [0.4, 0.5) is 5.69 Å². The maximum absolute atomic E-state index is 3.63. The quantitative estimate of drug-likeness (QED) is 0.852. The summed E-state index contributed by atoms with van der Waals surface area (Å²) in [5.74, 6) is 0. The summed E-state index contributed by atoms with van der Waals surface area (Å²) in [6, 6.07) is 7.53. The van der Waals surface area contributed by atoms with Gasteiger partial charge in [0.15, 0.2) is 0 Å². The number of rotatable bonds is 2. The summed E-state index contributed by atoms with van der Waals surface area (Å²) < 4.78 is 2.23. The number of hydrogen-bond donors (Lipinski definition) is 1. The Morgan fingerprint density at radius 2 is 2.12 bits per heavy atom. The molecule has 4 heteroatoms. The van der Waals surface area contributed by atoms with Crippen molar-refractivity contribution in [2.45, 2.75) is 31.8 Å². The standard InChI is InChI=1S/C13H18Br2N2/c1-9-7-11(5-6-17(9)2)16-13-4-3-10(14)8-12(13)15/h3-4,8-9,11,16H,5-7H2,1-2H3. The van der Waals surface area contributed by atoms with Crippen molar-refractivity contribution in [3.63, 3.8) is 0 Å². The van der Waals surface area contributed by atoms with Gasteiger partial charge in [0.05, 0.1) is 0 Å². The molecule has 1 heterocycles. The molecule has 2 rings (SSSR count). The van der Waals surface area contributed by atoms with Crippen LogP contribution < -0.4 is 5.32 Å². The largest absolute Gasteiger partial charge is 0.381 e. The highest BCUT2D eigenvalue weighted by atomic mass is 79.9. The van der Waals surface area contributed by atoms with Crippen molar-refractivity contribution < 1.29 is 0 Å². The zero-order valence-corrected chi connectivity index (χ0v) is 13.4. The van der Waals surface area contributed by atoms with E-state index in [1.807, 2.05) is 0 Å². The van der Waals surface area contributed by atoms with Gasteiger partial charge in [0.2, 0.25) is 0 Å². The Morgan fingerprint density at radius 1 is 1.35 bits per heavy atom. The molecule has 1 aliphatic heterocycles. The number of halogens is 2. The molecule has 17 heavy (non-hydrogen) atoms. The molecule has 0 radical (unpaired) electrons. The first-order chi connectivity index (χ1) is 8.06. The Morgan fingerprint density at radius 3 is 2.76 bits per heavy atom. The summed E-state index contributed by atoms with van der Waals surface area (Å²) in [6.07, 6.45) is 2.42. The van der Waals surface area contributed by atoms with E-state index >= 15 is 0 Å². The molecular weight excluding hydrogens is 344 g/mol. The molecule has 1 saturated heterocycles. The lowest BCUT2D eigenvalue weighted by Crippen LogP contribution is -2.42. The fourth-order valence-electron chi connectivity index (χ4n) is 2.25. The van der Waals surface area contributed by atoms with Crippen LogP contribution in [0, 0.1) is 0 Å². The molecule has 0 bridgehead atoms. The van der Waals surface area contributed by atoms with Crippen molar-refractivity contribution >= 4 is 37.5 Å². The molecule has 1 aliphatic rings. The smallest absolute Gasteiger partial charge is 0.0487 e. The molecule has 2 unspecified atom stereocenters. The molecule has 1 aromatic rings. The van der Waals surface area contributed by atoms with Gasteiger partial charge in [0, 0.05) is 33.3 Å². The van der Waals surface area contributed by atoms with Crippen LogP contribution in [-0.2, 0) is 0 Å². The lowest BCUT2D eigenvalue weighted by molar-refractivity contribution is 0.190. The molecule has 2 atom stereocenters. The number of benzene rings is 1. The fraction of sp³-hybridized carbons (Fsp3) is 0.538. The van der Waals surface area contributed by atoms with Crippen molar-refractivity contribution in [3.8, 4) is 0 Å². The Kier molecular flexibility index (Phi) is 4.50. The second kappa shape index (κ2) is 5.72. The van der Waals surface area contributed by atoms with Gasteiger partial charge < -0.3 is 10.2 Å². The van der Waals surface area contributed by atoms with Gasteiger partial charge in [-0.2, -0.15) is 0 Å². The molecule has 1 aromatic carbocycles. The van der Waals surface area contributed by atoms with Crippen LogP contribution in [0.15, 0.2) is 27.1 Å². The van der Waals surface area contributed by atoms with Gasteiger partial charge in [-0.05, 0) is 60.9 Å². The van der Waals surface area contributed by atoms with Crippen LogP contribution in [0.1, 0.15) is 19.8 Å². The number of nitrogens with zero attached hydrogens (tertiary/aromatic N) is 1. The zero-order chi connectivity index (χ0) is 12.4. The van der Waals surface area contributed by atoms with E-state index in [2.05, 4.69) is 74.2 Å².